The molecule has 0 aliphatic rings. The molecule has 6 heteroatoms. The standard InChI is InChI=1S/C23H20ClN3O2/c1-16-20(22(24)27(26-16)15-17-9-4-2-5-10-17)23(28)25-21(19-13-8-14-29-19)18-11-6-3-7-12-18/h2-14,21H,15H2,1H3,(H,25,28). The summed E-state index contributed by atoms with van der Waals surface area (Å²) in [5, 5.41) is 7.83. The number of carbonyl (C=O) groups is 1. The van der Waals surface area contributed by atoms with Gasteiger partial charge in [0.25, 0.3) is 5.91 Å². The molecule has 1 atom stereocenters. The van der Waals surface area contributed by atoms with Crippen LogP contribution in [0.5, 0.6) is 0 Å². The Bertz CT molecular complexity index is 1090. The van der Waals surface area contributed by atoms with Crippen molar-refractivity contribution in [3.05, 3.63) is 112 Å². The monoisotopic (exact) mass is 405 g/mol. The number of rotatable bonds is 6. The molecule has 0 aliphatic carbocycles. The molecule has 146 valence electrons. The van der Waals surface area contributed by atoms with Gasteiger partial charge in [-0.2, -0.15) is 5.10 Å². The number of carbonyl (C=O) groups excluding carboxylic acids is 1. The number of halogens is 1. The summed E-state index contributed by atoms with van der Waals surface area (Å²) in [6.45, 7) is 2.28. The molecule has 0 bridgehead atoms. The zero-order valence-electron chi connectivity index (χ0n) is 15.9. The summed E-state index contributed by atoms with van der Waals surface area (Å²) >= 11 is 6.54. The zero-order chi connectivity index (χ0) is 20.2. The third kappa shape index (κ3) is 4.10. The number of furan rings is 1. The van der Waals surface area contributed by atoms with Gasteiger partial charge in [0.15, 0.2) is 0 Å². The first kappa shape index (κ1) is 19.0. The van der Waals surface area contributed by atoms with Crippen LogP contribution in [0, 0.1) is 6.92 Å². The van der Waals surface area contributed by atoms with Gasteiger partial charge in [-0.05, 0) is 30.2 Å². The second-order valence-electron chi connectivity index (χ2n) is 6.73. The van der Waals surface area contributed by atoms with Gasteiger partial charge < -0.3 is 9.73 Å². The summed E-state index contributed by atoms with van der Waals surface area (Å²) in [4.78, 5) is 13.1. The Morgan fingerprint density at radius 2 is 1.76 bits per heavy atom. The summed E-state index contributed by atoms with van der Waals surface area (Å²) in [6, 6.07) is 22.7. The molecule has 2 heterocycles. The molecule has 0 radical (unpaired) electrons. The molecular formula is C23H20ClN3O2. The predicted molar refractivity (Wildman–Crippen MR) is 112 cm³/mol. The third-order valence-electron chi connectivity index (χ3n) is 4.70. The molecule has 5 nitrogen and oxygen atoms in total. The van der Waals surface area contributed by atoms with Gasteiger partial charge in [0, 0.05) is 0 Å². The minimum atomic E-state index is -0.424. The average molecular weight is 406 g/mol. The molecule has 29 heavy (non-hydrogen) atoms. The number of aromatic nitrogens is 2. The lowest BCUT2D eigenvalue weighted by atomic mass is 10.0. The molecular weight excluding hydrogens is 386 g/mol. The van der Waals surface area contributed by atoms with Crippen molar-refractivity contribution in [3.63, 3.8) is 0 Å². The van der Waals surface area contributed by atoms with E-state index in [1.54, 1.807) is 23.9 Å². The van der Waals surface area contributed by atoms with Gasteiger partial charge in [0.05, 0.1) is 24.1 Å². The molecule has 1 N–H and O–H groups in total. The first-order chi connectivity index (χ1) is 14.1. The Morgan fingerprint density at radius 3 is 2.41 bits per heavy atom. The summed E-state index contributed by atoms with van der Waals surface area (Å²) in [6.07, 6.45) is 1.59. The topological polar surface area (TPSA) is 60.1 Å². The maximum Gasteiger partial charge on any atom is 0.257 e. The second-order valence-corrected chi connectivity index (χ2v) is 7.09. The molecule has 4 rings (SSSR count). The maximum absolute atomic E-state index is 13.1. The smallest absolute Gasteiger partial charge is 0.257 e. The van der Waals surface area contributed by atoms with Crippen molar-refractivity contribution in [2.45, 2.75) is 19.5 Å². The van der Waals surface area contributed by atoms with Crippen LogP contribution in [0.25, 0.3) is 0 Å². The minimum Gasteiger partial charge on any atom is -0.467 e. The van der Waals surface area contributed by atoms with Gasteiger partial charge in [-0.25, -0.2) is 4.68 Å². The highest BCUT2D eigenvalue weighted by Crippen LogP contribution is 2.26. The minimum absolute atomic E-state index is 0.294. The van der Waals surface area contributed by atoms with Crippen molar-refractivity contribution in [3.8, 4) is 0 Å². The van der Waals surface area contributed by atoms with Crippen molar-refractivity contribution in [2.75, 3.05) is 0 Å². The van der Waals surface area contributed by atoms with Gasteiger partial charge in [-0.3, -0.25) is 4.79 Å². The van der Waals surface area contributed by atoms with E-state index in [0.29, 0.717) is 28.7 Å². The normalized spacial score (nSPS) is 11.9. The molecule has 0 aliphatic heterocycles. The van der Waals surface area contributed by atoms with Crippen molar-refractivity contribution in [2.24, 2.45) is 0 Å². The Labute approximate surface area is 173 Å². The molecule has 2 aromatic heterocycles. The van der Waals surface area contributed by atoms with Gasteiger partial charge in [-0.15, -0.1) is 0 Å². The largest absolute Gasteiger partial charge is 0.467 e. The van der Waals surface area contributed by atoms with Crippen LogP contribution in [0.15, 0.2) is 83.5 Å². The van der Waals surface area contributed by atoms with E-state index >= 15 is 0 Å². The summed E-state index contributed by atoms with van der Waals surface area (Å²) in [5.74, 6) is 0.354. The van der Waals surface area contributed by atoms with E-state index in [2.05, 4.69) is 10.4 Å². The van der Waals surface area contributed by atoms with Crippen LogP contribution < -0.4 is 5.32 Å². The lowest BCUT2D eigenvalue weighted by Crippen LogP contribution is -2.29. The van der Waals surface area contributed by atoms with Crippen LogP contribution in [-0.4, -0.2) is 15.7 Å². The molecule has 0 saturated carbocycles. The molecule has 0 fully saturated rings. The number of hydrogen-bond donors (Lipinski definition) is 1. The first-order valence-corrected chi connectivity index (χ1v) is 9.67. The highest BCUT2D eigenvalue weighted by Gasteiger charge is 2.25. The number of amides is 1. The summed E-state index contributed by atoms with van der Waals surface area (Å²) in [5.41, 5.74) is 2.92. The van der Waals surface area contributed by atoms with E-state index in [4.69, 9.17) is 16.0 Å². The highest BCUT2D eigenvalue weighted by molar-refractivity contribution is 6.33. The van der Waals surface area contributed by atoms with Crippen LogP contribution in [0.2, 0.25) is 5.15 Å². The van der Waals surface area contributed by atoms with Crippen molar-refractivity contribution in [1.29, 1.82) is 0 Å². The van der Waals surface area contributed by atoms with Crippen molar-refractivity contribution < 1.29 is 9.21 Å². The Balaban J connectivity index is 1.62. The number of hydrogen-bond acceptors (Lipinski definition) is 3. The van der Waals surface area contributed by atoms with E-state index < -0.39 is 6.04 Å². The highest BCUT2D eigenvalue weighted by atomic mass is 35.5. The summed E-state index contributed by atoms with van der Waals surface area (Å²) < 4.78 is 7.21. The van der Waals surface area contributed by atoms with Gasteiger partial charge >= 0.3 is 0 Å². The number of aryl methyl sites for hydroxylation is 1. The fraction of sp³-hybridized carbons (Fsp3) is 0.130. The molecule has 1 unspecified atom stereocenters. The SMILES string of the molecule is Cc1nn(Cc2ccccc2)c(Cl)c1C(=O)NC(c1ccccc1)c1ccco1. The van der Waals surface area contributed by atoms with Gasteiger partial charge in [0.2, 0.25) is 0 Å². The van der Waals surface area contributed by atoms with E-state index in [1.807, 2.05) is 66.7 Å². The zero-order valence-corrected chi connectivity index (χ0v) is 16.6. The Kier molecular flexibility index (Phi) is 5.49. The predicted octanol–water partition coefficient (Wildman–Crippen LogP) is 5.01. The van der Waals surface area contributed by atoms with Crippen LogP contribution >= 0.6 is 11.6 Å². The average Bonchev–Trinajstić information content (AvgIpc) is 3.36. The maximum atomic E-state index is 13.1. The summed E-state index contributed by atoms with van der Waals surface area (Å²) in [7, 11) is 0. The number of benzene rings is 2. The van der Waals surface area contributed by atoms with E-state index in [-0.39, 0.29) is 5.91 Å². The fourth-order valence-electron chi connectivity index (χ4n) is 3.30. The first-order valence-electron chi connectivity index (χ1n) is 9.29. The van der Waals surface area contributed by atoms with E-state index in [9.17, 15) is 4.79 Å². The van der Waals surface area contributed by atoms with Crippen molar-refractivity contribution in [1.82, 2.24) is 15.1 Å². The third-order valence-corrected chi connectivity index (χ3v) is 5.09. The Hall–Kier alpha value is -3.31. The Morgan fingerprint density at radius 1 is 1.07 bits per heavy atom. The number of nitrogens with zero attached hydrogens (tertiary/aromatic N) is 2. The van der Waals surface area contributed by atoms with Crippen molar-refractivity contribution >= 4 is 17.5 Å². The lowest BCUT2D eigenvalue weighted by Gasteiger charge is -2.17. The lowest BCUT2D eigenvalue weighted by molar-refractivity contribution is 0.0938. The number of nitrogens with one attached hydrogen (secondary N) is 1. The van der Waals surface area contributed by atoms with E-state index in [1.165, 1.54) is 0 Å². The van der Waals surface area contributed by atoms with Crippen LogP contribution in [0.1, 0.15) is 39.0 Å². The van der Waals surface area contributed by atoms with Crippen LogP contribution in [0.4, 0.5) is 0 Å². The van der Waals surface area contributed by atoms with Gasteiger partial charge in [0.1, 0.15) is 17.0 Å². The molecule has 2 aromatic carbocycles. The van der Waals surface area contributed by atoms with Gasteiger partial charge in [-0.1, -0.05) is 72.3 Å². The molecule has 4 aromatic rings. The second kappa shape index (κ2) is 8.37. The molecule has 0 spiro atoms. The molecule has 1 amide bonds. The van der Waals surface area contributed by atoms with Crippen LogP contribution in [-0.2, 0) is 6.54 Å². The molecule has 0 saturated heterocycles. The quantitative estimate of drug-likeness (QED) is 0.490. The van der Waals surface area contributed by atoms with E-state index in [0.717, 1.165) is 11.1 Å². The fourth-order valence-corrected chi connectivity index (χ4v) is 3.62. The van der Waals surface area contributed by atoms with Crippen LogP contribution in [0.3, 0.4) is 0 Å².